The van der Waals surface area contributed by atoms with Gasteiger partial charge in [-0.2, -0.15) is 0 Å². The molecule has 9 nitrogen and oxygen atoms in total. The minimum atomic E-state index is -3.61. The van der Waals surface area contributed by atoms with E-state index < -0.39 is 21.9 Å². The van der Waals surface area contributed by atoms with E-state index in [4.69, 9.17) is 14.2 Å². The number of rotatable bonds is 7. The maximum Gasteiger partial charge on any atom is 0.340 e. The van der Waals surface area contributed by atoms with Crippen LogP contribution in [0.15, 0.2) is 41.3 Å². The van der Waals surface area contributed by atoms with Gasteiger partial charge < -0.3 is 19.5 Å². The summed E-state index contributed by atoms with van der Waals surface area (Å²) in [6.07, 6.45) is 0. The van der Waals surface area contributed by atoms with E-state index in [-0.39, 0.29) is 21.7 Å². The highest BCUT2D eigenvalue weighted by molar-refractivity contribution is 7.89. The molecule has 0 heterocycles. The number of esters is 1. The molecule has 0 unspecified atom stereocenters. The predicted octanol–water partition coefficient (Wildman–Crippen LogP) is 1.65. The van der Waals surface area contributed by atoms with Gasteiger partial charge in [0.1, 0.15) is 0 Å². The van der Waals surface area contributed by atoms with E-state index in [9.17, 15) is 18.0 Å². The first-order valence-electron chi connectivity index (χ1n) is 7.96. The van der Waals surface area contributed by atoms with Crippen LogP contribution in [-0.2, 0) is 14.8 Å². The highest BCUT2D eigenvalue weighted by Gasteiger charge is 2.20. The first-order valence-corrected chi connectivity index (χ1v) is 9.45. The van der Waals surface area contributed by atoms with Crippen molar-refractivity contribution in [2.45, 2.75) is 4.90 Å². The third-order valence-corrected chi connectivity index (χ3v) is 5.30. The molecule has 0 aliphatic carbocycles. The van der Waals surface area contributed by atoms with Crippen molar-refractivity contribution in [3.63, 3.8) is 0 Å². The lowest BCUT2D eigenvalue weighted by molar-refractivity contribution is 0.0601. The number of sulfonamides is 1. The van der Waals surface area contributed by atoms with Crippen molar-refractivity contribution in [2.75, 3.05) is 33.7 Å². The molecule has 2 N–H and O–H groups in total. The summed E-state index contributed by atoms with van der Waals surface area (Å²) < 4.78 is 40.8. The smallest absolute Gasteiger partial charge is 0.340 e. The topological polar surface area (TPSA) is 120 Å². The average molecular weight is 408 g/mol. The number of hydrogen-bond donors (Lipinski definition) is 2. The summed E-state index contributed by atoms with van der Waals surface area (Å²) in [6, 6.07) is 8.15. The van der Waals surface area contributed by atoms with Gasteiger partial charge in [0.25, 0.3) is 5.91 Å². The zero-order valence-electron chi connectivity index (χ0n) is 15.7. The third kappa shape index (κ3) is 4.41. The normalized spacial score (nSPS) is 10.9. The summed E-state index contributed by atoms with van der Waals surface area (Å²) in [5, 5.41) is 2.60. The maximum absolute atomic E-state index is 12.6. The largest absolute Gasteiger partial charge is 0.493 e. The molecule has 2 aromatic rings. The summed E-state index contributed by atoms with van der Waals surface area (Å²) >= 11 is 0. The molecule has 0 aromatic heterocycles. The number of benzene rings is 2. The monoisotopic (exact) mass is 408 g/mol. The Morgan fingerprint density at radius 3 is 2.00 bits per heavy atom. The number of amides is 1. The van der Waals surface area contributed by atoms with Gasteiger partial charge >= 0.3 is 5.97 Å². The summed E-state index contributed by atoms with van der Waals surface area (Å²) in [7, 11) is 1.73. The van der Waals surface area contributed by atoms with Crippen molar-refractivity contribution in [3.8, 4) is 11.5 Å². The number of anilines is 1. The summed E-state index contributed by atoms with van der Waals surface area (Å²) in [6.45, 7) is 0. The summed E-state index contributed by atoms with van der Waals surface area (Å²) in [5.74, 6) is -0.624. The van der Waals surface area contributed by atoms with E-state index >= 15 is 0 Å². The zero-order chi connectivity index (χ0) is 20.9. The van der Waals surface area contributed by atoms with Gasteiger partial charge in [-0.15, -0.1) is 0 Å². The van der Waals surface area contributed by atoms with E-state index in [1.807, 2.05) is 0 Å². The second-order valence-corrected chi connectivity index (χ2v) is 7.32. The lowest BCUT2D eigenvalue weighted by atomic mass is 10.1. The van der Waals surface area contributed by atoms with E-state index in [1.54, 1.807) is 0 Å². The predicted molar refractivity (Wildman–Crippen MR) is 102 cm³/mol. The number of nitrogens with one attached hydrogen (secondary N) is 2. The number of methoxy groups -OCH3 is 3. The molecule has 10 heteroatoms. The van der Waals surface area contributed by atoms with Crippen molar-refractivity contribution in [1.82, 2.24) is 4.72 Å². The van der Waals surface area contributed by atoms with Crippen LogP contribution in [-0.4, -0.2) is 48.7 Å². The van der Waals surface area contributed by atoms with Gasteiger partial charge in [-0.3, -0.25) is 4.79 Å². The van der Waals surface area contributed by atoms with Crippen LogP contribution in [0.3, 0.4) is 0 Å². The van der Waals surface area contributed by atoms with E-state index in [0.29, 0.717) is 11.5 Å². The highest BCUT2D eigenvalue weighted by Crippen LogP contribution is 2.34. The van der Waals surface area contributed by atoms with Crippen molar-refractivity contribution in [2.24, 2.45) is 0 Å². The third-order valence-electron chi connectivity index (χ3n) is 3.87. The number of hydrogen-bond acceptors (Lipinski definition) is 7. The fourth-order valence-electron chi connectivity index (χ4n) is 2.36. The van der Waals surface area contributed by atoms with Crippen molar-refractivity contribution >= 4 is 27.6 Å². The van der Waals surface area contributed by atoms with E-state index in [2.05, 4.69) is 10.0 Å². The van der Waals surface area contributed by atoms with Crippen LogP contribution in [0.2, 0.25) is 0 Å². The van der Waals surface area contributed by atoms with Crippen molar-refractivity contribution in [3.05, 3.63) is 47.5 Å². The molecule has 0 atom stereocenters. The SMILES string of the molecule is CNS(=O)(=O)c1ccc(C(=O)Nc2cc(OC)c(OC)cc2C(=O)OC)cc1. The number of carbonyl (C=O) groups is 2. The molecule has 0 spiro atoms. The highest BCUT2D eigenvalue weighted by atomic mass is 32.2. The molecule has 2 aromatic carbocycles. The minimum Gasteiger partial charge on any atom is -0.493 e. The van der Waals surface area contributed by atoms with E-state index in [1.165, 1.54) is 64.8 Å². The quantitative estimate of drug-likeness (QED) is 0.669. The van der Waals surface area contributed by atoms with Gasteiger partial charge in [0.2, 0.25) is 10.0 Å². The van der Waals surface area contributed by atoms with Crippen LogP contribution in [0.25, 0.3) is 0 Å². The molecule has 28 heavy (non-hydrogen) atoms. The lowest BCUT2D eigenvalue weighted by Gasteiger charge is -2.14. The standard InChI is InChI=1S/C18H20N2O7S/c1-19-28(23,24)12-7-5-11(6-8-12)17(21)20-14-10-16(26-3)15(25-2)9-13(14)18(22)27-4/h5-10,19H,1-4H3,(H,20,21). The first kappa shape index (κ1) is 21.2. The zero-order valence-corrected chi connectivity index (χ0v) is 16.5. The molecule has 2 rings (SSSR count). The molecule has 150 valence electrons. The second-order valence-electron chi connectivity index (χ2n) is 5.43. The van der Waals surface area contributed by atoms with Crippen LogP contribution in [0.1, 0.15) is 20.7 Å². The Labute approximate surface area is 162 Å². The van der Waals surface area contributed by atoms with Crippen LogP contribution in [0.4, 0.5) is 5.69 Å². The fourth-order valence-corrected chi connectivity index (χ4v) is 3.09. The molecular weight excluding hydrogens is 388 g/mol. The minimum absolute atomic E-state index is 0.0212. The first-order chi connectivity index (χ1) is 13.3. The summed E-state index contributed by atoms with van der Waals surface area (Å²) in [4.78, 5) is 24.6. The van der Waals surface area contributed by atoms with Crippen LogP contribution >= 0.6 is 0 Å². The van der Waals surface area contributed by atoms with Gasteiger partial charge in [-0.1, -0.05) is 0 Å². The van der Waals surface area contributed by atoms with Crippen LogP contribution in [0, 0.1) is 0 Å². The number of ether oxygens (including phenoxy) is 3. The van der Waals surface area contributed by atoms with Crippen LogP contribution < -0.4 is 19.5 Å². The van der Waals surface area contributed by atoms with Gasteiger partial charge in [-0.05, 0) is 31.3 Å². The molecule has 0 saturated heterocycles. The van der Waals surface area contributed by atoms with Gasteiger partial charge in [0.15, 0.2) is 11.5 Å². The lowest BCUT2D eigenvalue weighted by Crippen LogP contribution is -2.19. The molecule has 0 bridgehead atoms. The molecule has 0 saturated carbocycles. The Morgan fingerprint density at radius 1 is 0.929 bits per heavy atom. The van der Waals surface area contributed by atoms with E-state index in [0.717, 1.165) is 0 Å². The fraction of sp³-hybridized carbons (Fsp3) is 0.222. The Bertz CT molecular complexity index is 986. The Balaban J connectivity index is 2.38. The Hall–Kier alpha value is -3.11. The molecule has 0 fully saturated rings. The molecule has 0 aliphatic rings. The number of carbonyl (C=O) groups excluding carboxylic acids is 2. The van der Waals surface area contributed by atoms with Gasteiger partial charge in [0.05, 0.1) is 37.5 Å². The average Bonchev–Trinajstić information content (AvgIpc) is 2.72. The van der Waals surface area contributed by atoms with Gasteiger partial charge in [-0.25, -0.2) is 17.9 Å². The van der Waals surface area contributed by atoms with Crippen molar-refractivity contribution < 1.29 is 32.2 Å². The Morgan fingerprint density at radius 2 is 1.50 bits per heavy atom. The second kappa shape index (κ2) is 8.72. The van der Waals surface area contributed by atoms with Crippen molar-refractivity contribution in [1.29, 1.82) is 0 Å². The van der Waals surface area contributed by atoms with Gasteiger partial charge in [0, 0.05) is 17.7 Å². The maximum atomic E-state index is 12.6. The molecule has 0 aliphatic heterocycles. The molecule has 1 amide bonds. The Kier molecular flexibility index (Phi) is 6.60. The van der Waals surface area contributed by atoms with Crippen LogP contribution in [0.5, 0.6) is 11.5 Å². The summed E-state index contributed by atoms with van der Waals surface area (Å²) in [5.41, 5.74) is 0.421. The molecular formula is C18H20N2O7S. The molecule has 0 radical (unpaired) electrons.